The molecule has 1 heterocycles. The van der Waals surface area contributed by atoms with Crippen LogP contribution in [0.15, 0.2) is 47.6 Å². The summed E-state index contributed by atoms with van der Waals surface area (Å²) in [6.07, 6.45) is 0. The van der Waals surface area contributed by atoms with Gasteiger partial charge in [-0.3, -0.25) is 4.79 Å². The monoisotopic (exact) mass is 413 g/mol. The van der Waals surface area contributed by atoms with Crippen molar-refractivity contribution >= 4 is 23.4 Å². The first-order valence-corrected chi connectivity index (χ1v) is 10.2. The van der Waals surface area contributed by atoms with Crippen LogP contribution >= 0.6 is 11.8 Å². The van der Waals surface area contributed by atoms with E-state index in [1.54, 1.807) is 19.1 Å². The van der Waals surface area contributed by atoms with Gasteiger partial charge < -0.3 is 11.2 Å². The number of benzene rings is 2. The lowest BCUT2D eigenvalue weighted by Gasteiger charge is -2.18. The average Bonchev–Trinajstić information content (AvgIpc) is 3.03. The van der Waals surface area contributed by atoms with Gasteiger partial charge in [0, 0.05) is 11.3 Å². The molecule has 29 heavy (non-hydrogen) atoms. The molecule has 0 saturated heterocycles. The van der Waals surface area contributed by atoms with Crippen molar-refractivity contribution in [3.8, 4) is 11.4 Å². The normalized spacial score (nSPS) is 12.2. The van der Waals surface area contributed by atoms with E-state index in [4.69, 9.17) is 5.84 Å². The summed E-state index contributed by atoms with van der Waals surface area (Å²) in [5.74, 6) is 6.18. The van der Waals surface area contributed by atoms with Crippen LogP contribution in [0.3, 0.4) is 0 Å². The van der Waals surface area contributed by atoms with E-state index in [1.807, 2.05) is 25.1 Å². The lowest BCUT2D eigenvalue weighted by molar-refractivity contribution is -0.115. The Kier molecular flexibility index (Phi) is 6.22. The summed E-state index contributed by atoms with van der Waals surface area (Å²) in [6.45, 7) is 7.94. The number of hydrogen-bond acceptors (Lipinski definition) is 5. The smallest absolute Gasteiger partial charge is 0.237 e. The molecule has 3 rings (SSSR count). The third-order valence-electron chi connectivity index (χ3n) is 4.57. The molecular weight excluding hydrogens is 389 g/mol. The second-order valence-corrected chi connectivity index (χ2v) is 8.44. The van der Waals surface area contributed by atoms with E-state index in [0.29, 0.717) is 16.5 Å². The first-order valence-electron chi connectivity index (χ1n) is 9.31. The number of para-hydroxylation sites is 1. The number of nitrogens with zero attached hydrogens (tertiary/aromatic N) is 3. The molecule has 2 aromatic carbocycles. The molecule has 3 N–H and O–H groups in total. The number of thioether (sulfide) groups is 1. The molecule has 1 aromatic heterocycles. The van der Waals surface area contributed by atoms with Crippen molar-refractivity contribution in [2.24, 2.45) is 0 Å². The van der Waals surface area contributed by atoms with Gasteiger partial charge in [0.15, 0.2) is 5.82 Å². The molecule has 0 fully saturated rings. The number of halogens is 1. The Morgan fingerprint density at radius 3 is 2.59 bits per heavy atom. The van der Waals surface area contributed by atoms with Crippen molar-refractivity contribution in [1.82, 2.24) is 14.9 Å². The van der Waals surface area contributed by atoms with Crippen LogP contribution in [0.2, 0.25) is 0 Å². The maximum atomic E-state index is 13.5. The number of carbonyl (C=O) groups excluding carboxylic acids is 1. The van der Waals surface area contributed by atoms with E-state index in [0.717, 1.165) is 16.8 Å². The van der Waals surface area contributed by atoms with Crippen LogP contribution in [-0.4, -0.2) is 26.0 Å². The van der Waals surface area contributed by atoms with Crippen molar-refractivity contribution in [3.63, 3.8) is 0 Å². The maximum absolute atomic E-state index is 13.5. The van der Waals surface area contributed by atoms with Gasteiger partial charge in [0.25, 0.3) is 0 Å². The molecule has 0 unspecified atom stereocenters. The molecule has 8 heteroatoms. The Hall–Kier alpha value is -2.87. The minimum Gasteiger partial charge on any atom is -0.335 e. The molecule has 0 aliphatic heterocycles. The van der Waals surface area contributed by atoms with Crippen molar-refractivity contribution in [1.29, 1.82) is 0 Å². The Bertz CT molecular complexity index is 1030. The minimum atomic E-state index is -0.457. The number of nitrogen functional groups attached to an aromatic ring is 1. The van der Waals surface area contributed by atoms with E-state index >= 15 is 0 Å². The van der Waals surface area contributed by atoms with Crippen molar-refractivity contribution in [3.05, 3.63) is 59.4 Å². The van der Waals surface area contributed by atoms with Crippen LogP contribution in [0, 0.1) is 12.7 Å². The highest BCUT2D eigenvalue weighted by Crippen LogP contribution is 2.30. The number of anilines is 1. The highest BCUT2D eigenvalue weighted by molar-refractivity contribution is 8.00. The zero-order chi connectivity index (χ0) is 21.1. The second kappa shape index (κ2) is 8.65. The lowest BCUT2D eigenvalue weighted by atomic mass is 9.98. The quantitative estimate of drug-likeness (QED) is 0.463. The molecule has 0 saturated carbocycles. The highest BCUT2D eigenvalue weighted by atomic mass is 32.2. The van der Waals surface area contributed by atoms with Crippen LogP contribution in [-0.2, 0) is 4.79 Å². The van der Waals surface area contributed by atoms with Crippen molar-refractivity contribution in [2.75, 3.05) is 11.2 Å². The number of rotatable bonds is 6. The van der Waals surface area contributed by atoms with Crippen LogP contribution < -0.4 is 11.2 Å². The maximum Gasteiger partial charge on any atom is 0.237 e. The summed E-state index contributed by atoms with van der Waals surface area (Å²) in [5.41, 5.74) is 3.46. The molecular formula is C21H24FN5OS. The number of amides is 1. The van der Waals surface area contributed by atoms with Gasteiger partial charge in [-0.05, 0) is 43.0 Å². The van der Waals surface area contributed by atoms with Gasteiger partial charge in [-0.2, -0.15) is 0 Å². The van der Waals surface area contributed by atoms with Gasteiger partial charge in [0.05, 0.1) is 5.25 Å². The molecule has 0 aliphatic rings. The number of carbonyl (C=O) groups is 1. The summed E-state index contributed by atoms with van der Waals surface area (Å²) in [5, 5.41) is 11.1. The van der Waals surface area contributed by atoms with E-state index < -0.39 is 5.25 Å². The molecule has 6 nitrogen and oxygen atoms in total. The average molecular weight is 414 g/mol. The van der Waals surface area contributed by atoms with Crippen LogP contribution in [0.4, 0.5) is 10.1 Å². The third kappa shape index (κ3) is 4.59. The molecule has 0 aliphatic carbocycles. The molecule has 0 bridgehead atoms. The number of aryl methyl sites for hydroxylation is 1. The fourth-order valence-corrected chi connectivity index (χ4v) is 3.73. The zero-order valence-corrected chi connectivity index (χ0v) is 17.6. The largest absolute Gasteiger partial charge is 0.335 e. The third-order valence-corrected chi connectivity index (χ3v) is 5.63. The predicted octanol–water partition coefficient (Wildman–Crippen LogP) is 4.35. The predicted molar refractivity (Wildman–Crippen MR) is 115 cm³/mol. The fraction of sp³-hybridized carbons (Fsp3) is 0.286. The summed E-state index contributed by atoms with van der Waals surface area (Å²) in [4.78, 5) is 12.8. The summed E-state index contributed by atoms with van der Waals surface area (Å²) >= 11 is 1.20. The molecule has 0 spiro atoms. The van der Waals surface area contributed by atoms with Gasteiger partial charge in [-0.15, -0.1) is 10.2 Å². The van der Waals surface area contributed by atoms with Gasteiger partial charge >= 0.3 is 0 Å². The minimum absolute atomic E-state index is 0.151. The Balaban J connectivity index is 1.76. The van der Waals surface area contributed by atoms with E-state index in [-0.39, 0.29) is 17.6 Å². The Morgan fingerprint density at radius 2 is 1.90 bits per heavy atom. The summed E-state index contributed by atoms with van der Waals surface area (Å²) in [6, 6.07) is 11.9. The Morgan fingerprint density at radius 1 is 1.17 bits per heavy atom. The van der Waals surface area contributed by atoms with Crippen molar-refractivity contribution < 1.29 is 9.18 Å². The number of nitrogens with two attached hydrogens (primary N) is 1. The standard InChI is InChI=1S/C21H24FN5OS/c1-12(2)17-10-5-7-13(3)18(17)24-20(28)14(4)29-21-26-25-19(27(21)23)15-8-6-9-16(22)11-15/h5-12,14H,23H2,1-4H3,(H,24,28)/t14-/m1/s1. The van der Waals surface area contributed by atoms with E-state index in [1.165, 1.54) is 28.6 Å². The Labute approximate surface area is 173 Å². The van der Waals surface area contributed by atoms with E-state index in [9.17, 15) is 9.18 Å². The van der Waals surface area contributed by atoms with Gasteiger partial charge in [0.2, 0.25) is 11.1 Å². The zero-order valence-electron chi connectivity index (χ0n) is 16.8. The number of aromatic nitrogens is 3. The van der Waals surface area contributed by atoms with Crippen molar-refractivity contribution in [2.45, 2.75) is 44.0 Å². The first kappa shape index (κ1) is 20.9. The first-order chi connectivity index (χ1) is 13.8. The van der Waals surface area contributed by atoms with Gasteiger partial charge in [0.1, 0.15) is 5.82 Å². The van der Waals surface area contributed by atoms with Crippen LogP contribution in [0.1, 0.15) is 37.8 Å². The molecule has 152 valence electrons. The molecule has 1 atom stereocenters. The summed E-state index contributed by atoms with van der Waals surface area (Å²) < 4.78 is 14.8. The van der Waals surface area contributed by atoms with Gasteiger partial charge in [-0.1, -0.05) is 55.9 Å². The second-order valence-electron chi connectivity index (χ2n) is 7.13. The SMILES string of the molecule is Cc1cccc(C(C)C)c1NC(=O)[C@@H](C)Sc1nnc(-c2cccc(F)c2)n1N. The fourth-order valence-electron chi connectivity index (χ4n) is 2.96. The molecule has 1 amide bonds. The lowest BCUT2D eigenvalue weighted by Crippen LogP contribution is -2.25. The highest BCUT2D eigenvalue weighted by Gasteiger charge is 2.22. The molecule has 0 radical (unpaired) electrons. The van der Waals surface area contributed by atoms with Gasteiger partial charge in [-0.25, -0.2) is 9.07 Å². The molecule has 3 aromatic rings. The number of hydrogen-bond donors (Lipinski definition) is 2. The topological polar surface area (TPSA) is 85.8 Å². The van der Waals surface area contributed by atoms with E-state index in [2.05, 4.69) is 29.4 Å². The summed E-state index contributed by atoms with van der Waals surface area (Å²) in [7, 11) is 0. The van der Waals surface area contributed by atoms with Crippen LogP contribution in [0.25, 0.3) is 11.4 Å². The van der Waals surface area contributed by atoms with Crippen LogP contribution in [0.5, 0.6) is 0 Å². The number of nitrogens with one attached hydrogen (secondary N) is 1.